The highest BCUT2D eigenvalue weighted by molar-refractivity contribution is 7.93. The number of piperidine rings is 1. The van der Waals surface area contributed by atoms with Gasteiger partial charge in [-0.25, -0.2) is 13.4 Å². The first-order valence-electron chi connectivity index (χ1n) is 9.79. The third kappa shape index (κ3) is 5.17. The number of nitrogens with one attached hydrogen (secondary N) is 2. The Morgan fingerprint density at radius 2 is 1.97 bits per heavy atom. The van der Waals surface area contributed by atoms with Gasteiger partial charge in [-0.05, 0) is 56.2 Å². The number of sulfonamides is 1. The molecule has 1 aliphatic heterocycles. The van der Waals surface area contributed by atoms with Crippen LogP contribution >= 0.6 is 11.3 Å². The number of aromatic nitrogens is 3. The minimum atomic E-state index is -3.72. The van der Waals surface area contributed by atoms with Crippen LogP contribution in [0.15, 0.2) is 52.9 Å². The minimum absolute atomic E-state index is 0.0960. The molecule has 1 atom stereocenters. The fourth-order valence-electron chi connectivity index (χ4n) is 3.37. The molecule has 3 aromatic rings. The van der Waals surface area contributed by atoms with Crippen LogP contribution in [-0.4, -0.2) is 42.6 Å². The second-order valence-electron chi connectivity index (χ2n) is 7.27. The Hall–Kier alpha value is -3.05. The van der Waals surface area contributed by atoms with Crippen LogP contribution in [0, 0.1) is 12.8 Å². The van der Waals surface area contributed by atoms with Gasteiger partial charge in [0.1, 0.15) is 0 Å². The Morgan fingerprint density at radius 1 is 1.16 bits per heavy atom. The van der Waals surface area contributed by atoms with Gasteiger partial charge >= 0.3 is 0 Å². The van der Waals surface area contributed by atoms with Crippen LogP contribution in [-0.2, 0) is 14.8 Å². The van der Waals surface area contributed by atoms with Crippen LogP contribution in [0.25, 0.3) is 0 Å². The minimum Gasteiger partial charge on any atom is -0.354 e. The lowest BCUT2D eigenvalue weighted by Crippen LogP contribution is -2.41. The maximum Gasteiger partial charge on any atom is 0.263 e. The molecule has 0 spiro atoms. The molecular formula is C20H22N6O3S2. The van der Waals surface area contributed by atoms with Crippen LogP contribution < -0.4 is 14.9 Å². The molecule has 2 N–H and O–H groups in total. The molecule has 3 heterocycles. The number of hydrogen-bond acceptors (Lipinski definition) is 8. The van der Waals surface area contributed by atoms with Gasteiger partial charge in [0.25, 0.3) is 10.0 Å². The number of anilines is 3. The highest BCUT2D eigenvalue weighted by Crippen LogP contribution is 2.24. The number of rotatable bonds is 6. The summed E-state index contributed by atoms with van der Waals surface area (Å²) < 4.78 is 27.3. The summed E-state index contributed by atoms with van der Waals surface area (Å²) >= 11 is 1.20. The van der Waals surface area contributed by atoms with E-state index in [9.17, 15) is 13.2 Å². The van der Waals surface area contributed by atoms with E-state index in [0.29, 0.717) is 17.4 Å². The van der Waals surface area contributed by atoms with Crippen molar-refractivity contribution >= 4 is 43.9 Å². The molecule has 1 fully saturated rings. The van der Waals surface area contributed by atoms with Crippen molar-refractivity contribution in [3.05, 3.63) is 53.7 Å². The Labute approximate surface area is 184 Å². The summed E-state index contributed by atoms with van der Waals surface area (Å²) in [5.74, 6) is 0.485. The lowest BCUT2D eigenvalue weighted by Gasteiger charge is -2.32. The van der Waals surface area contributed by atoms with E-state index in [1.165, 1.54) is 29.7 Å². The number of carbonyl (C=O) groups is 1. The normalized spacial score (nSPS) is 16.7. The molecule has 2 aromatic heterocycles. The van der Waals surface area contributed by atoms with Crippen molar-refractivity contribution in [3.8, 4) is 0 Å². The Morgan fingerprint density at radius 3 is 2.65 bits per heavy atom. The SMILES string of the molecule is Cc1ccc(N2CCCC(C(=O)Nc3ccc(S(=O)(=O)Nc4nccs4)cc3)C2)nn1. The molecule has 0 bridgehead atoms. The van der Waals surface area contributed by atoms with Crippen molar-refractivity contribution in [1.29, 1.82) is 0 Å². The van der Waals surface area contributed by atoms with Crippen molar-refractivity contribution in [2.24, 2.45) is 5.92 Å². The topological polar surface area (TPSA) is 117 Å². The molecule has 4 rings (SSSR count). The van der Waals surface area contributed by atoms with E-state index in [0.717, 1.165) is 30.9 Å². The van der Waals surface area contributed by atoms with Crippen LogP contribution in [0.1, 0.15) is 18.5 Å². The maximum atomic E-state index is 12.8. The standard InChI is InChI=1S/C20H22N6O3S2/c1-14-4-9-18(24-23-14)26-11-2-3-15(13-26)19(27)22-16-5-7-17(8-6-16)31(28,29)25-20-21-10-12-30-20/h4-10,12,15H,2-3,11,13H2,1H3,(H,21,25)(H,22,27). The van der Waals surface area contributed by atoms with Gasteiger partial charge in [0.15, 0.2) is 10.9 Å². The van der Waals surface area contributed by atoms with Gasteiger partial charge in [0.2, 0.25) is 5.91 Å². The van der Waals surface area contributed by atoms with Gasteiger partial charge in [0.05, 0.1) is 16.5 Å². The summed E-state index contributed by atoms with van der Waals surface area (Å²) in [6.07, 6.45) is 3.19. The lowest BCUT2D eigenvalue weighted by molar-refractivity contribution is -0.120. The molecular weight excluding hydrogens is 436 g/mol. The number of aryl methyl sites for hydroxylation is 1. The third-order valence-corrected chi connectivity index (χ3v) is 7.16. The van der Waals surface area contributed by atoms with Crippen molar-refractivity contribution in [1.82, 2.24) is 15.2 Å². The van der Waals surface area contributed by atoms with E-state index in [2.05, 4.69) is 30.1 Å². The van der Waals surface area contributed by atoms with Gasteiger partial charge in [-0.2, -0.15) is 5.10 Å². The van der Waals surface area contributed by atoms with Crippen LogP contribution in [0.2, 0.25) is 0 Å². The second kappa shape index (κ2) is 8.98. The molecule has 11 heteroatoms. The molecule has 1 aliphatic rings. The number of nitrogens with zero attached hydrogens (tertiary/aromatic N) is 4. The van der Waals surface area contributed by atoms with Gasteiger partial charge < -0.3 is 10.2 Å². The van der Waals surface area contributed by atoms with Crippen molar-refractivity contribution in [3.63, 3.8) is 0 Å². The summed E-state index contributed by atoms with van der Waals surface area (Å²) in [4.78, 5) is 18.9. The Kier molecular flexibility index (Phi) is 6.14. The van der Waals surface area contributed by atoms with E-state index in [4.69, 9.17) is 0 Å². The quantitative estimate of drug-likeness (QED) is 0.583. The zero-order valence-corrected chi connectivity index (χ0v) is 18.5. The molecule has 9 nitrogen and oxygen atoms in total. The predicted molar refractivity (Wildman–Crippen MR) is 120 cm³/mol. The fourth-order valence-corrected chi connectivity index (χ4v) is 5.16. The van der Waals surface area contributed by atoms with Crippen LogP contribution in [0.4, 0.5) is 16.6 Å². The summed E-state index contributed by atoms with van der Waals surface area (Å²) in [7, 11) is -3.72. The lowest BCUT2D eigenvalue weighted by atomic mass is 9.97. The van der Waals surface area contributed by atoms with Crippen LogP contribution in [0.5, 0.6) is 0 Å². The molecule has 1 amide bonds. The number of carbonyl (C=O) groups excluding carboxylic acids is 1. The summed E-state index contributed by atoms with van der Waals surface area (Å²) in [6.45, 7) is 3.28. The number of benzene rings is 1. The van der Waals surface area contributed by atoms with E-state index in [-0.39, 0.29) is 16.7 Å². The zero-order valence-electron chi connectivity index (χ0n) is 16.9. The second-order valence-corrected chi connectivity index (χ2v) is 9.85. The molecule has 0 saturated carbocycles. The van der Waals surface area contributed by atoms with E-state index < -0.39 is 10.0 Å². The molecule has 1 saturated heterocycles. The number of thiazole rings is 1. The number of hydrogen-bond donors (Lipinski definition) is 2. The first-order valence-corrected chi connectivity index (χ1v) is 12.2. The zero-order chi connectivity index (χ0) is 21.8. The first kappa shape index (κ1) is 21.2. The van der Waals surface area contributed by atoms with Gasteiger partial charge in [0, 0.05) is 30.4 Å². The molecule has 1 aromatic carbocycles. The monoisotopic (exact) mass is 458 g/mol. The molecule has 31 heavy (non-hydrogen) atoms. The van der Waals surface area contributed by atoms with Crippen LogP contribution in [0.3, 0.4) is 0 Å². The van der Waals surface area contributed by atoms with Gasteiger partial charge in [-0.15, -0.1) is 16.4 Å². The summed E-state index contributed by atoms with van der Waals surface area (Å²) in [5, 5.41) is 13.2. The van der Waals surface area contributed by atoms with E-state index >= 15 is 0 Å². The predicted octanol–water partition coefficient (Wildman–Crippen LogP) is 2.90. The van der Waals surface area contributed by atoms with E-state index in [1.807, 2.05) is 19.1 Å². The highest BCUT2D eigenvalue weighted by Gasteiger charge is 2.27. The van der Waals surface area contributed by atoms with Crippen molar-refractivity contribution < 1.29 is 13.2 Å². The average molecular weight is 459 g/mol. The average Bonchev–Trinajstić information content (AvgIpc) is 3.27. The highest BCUT2D eigenvalue weighted by atomic mass is 32.2. The summed E-state index contributed by atoms with van der Waals surface area (Å²) in [5.41, 5.74) is 1.40. The van der Waals surface area contributed by atoms with Crippen molar-refractivity contribution in [2.75, 3.05) is 28.0 Å². The Bertz CT molecular complexity index is 1130. The fraction of sp³-hybridized carbons (Fsp3) is 0.300. The molecule has 0 radical (unpaired) electrons. The van der Waals surface area contributed by atoms with Gasteiger partial charge in [-0.1, -0.05) is 0 Å². The maximum absolute atomic E-state index is 12.8. The van der Waals surface area contributed by atoms with Crippen molar-refractivity contribution in [2.45, 2.75) is 24.7 Å². The molecule has 162 valence electrons. The molecule has 1 unspecified atom stereocenters. The smallest absolute Gasteiger partial charge is 0.263 e. The number of amides is 1. The first-order chi connectivity index (χ1) is 14.9. The third-order valence-electron chi connectivity index (χ3n) is 4.99. The largest absolute Gasteiger partial charge is 0.354 e. The van der Waals surface area contributed by atoms with E-state index in [1.54, 1.807) is 17.5 Å². The summed E-state index contributed by atoms with van der Waals surface area (Å²) in [6, 6.07) is 9.91. The Balaban J connectivity index is 1.38. The molecule has 0 aliphatic carbocycles. The van der Waals surface area contributed by atoms with Gasteiger partial charge in [-0.3, -0.25) is 9.52 Å².